The fraction of sp³-hybridized carbons (Fsp3) is 0.625. The van der Waals surface area contributed by atoms with Crippen molar-refractivity contribution in [2.45, 2.75) is 52.3 Å². The van der Waals surface area contributed by atoms with Gasteiger partial charge in [0, 0.05) is 6.04 Å². The summed E-state index contributed by atoms with van der Waals surface area (Å²) in [4.78, 5) is 15.8. The Morgan fingerprint density at radius 1 is 1.27 bits per heavy atom. The number of rotatable bonds is 2. The van der Waals surface area contributed by atoms with Crippen LogP contribution in [-0.2, 0) is 6.18 Å². The minimum Gasteiger partial charge on any atom is -0.349 e. The molecule has 1 aromatic heterocycles. The van der Waals surface area contributed by atoms with E-state index in [9.17, 15) is 18.0 Å². The second kappa shape index (κ2) is 6.26. The molecule has 1 saturated carbocycles. The number of halogens is 3. The van der Waals surface area contributed by atoms with E-state index in [1.807, 2.05) is 0 Å². The molecule has 0 aliphatic heterocycles. The van der Waals surface area contributed by atoms with Crippen molar-refractivity contribution < 1.29 is 18.0 Å². The third-order valence-electron chi connectivity index (χ3n) is 4.64. The topological polar surface area (TPSA) is 42.0 Å². The average Bonchev–Trinajstić information content (AvgIpc) is 2.42. The van der Waals surface area contributed by atoms with Gasteiger partial charge in [0.2, 0.25) is 0 Å². The smallest absolute Gasteiger partial charge is 0.349 e. The molecule has 6 heteroatoms. The Labute approximate surface area is 128 Å². The lowest BCUT2D eigenvalue weighted by Gasteiger charge is -2.34. The number of nitrogens with one attached hydrogen (secondary N) is 1. The van der Waals surface area contributed by atoms with E-state index in [2.05, 4.69) is 24.1 Å². The highest BCUT2D eigenvalue weighted by Crippen LogP contribution is 2.30. The van der Waals surface area contributed by atoms with E-state index in [0.29, 0.717) is 11.8 Å². The fourth-order valence-electron chi connectivity index (χ4n) is 2.99. The molecule has 0 spiro atoms. The van der Waals surface area contributed by atoms with Crippen LogP contribution in [0.4, 0.5) is 13.2 Å². The number of alkyl halides is 3. The Kier molecular flexibility index (Phi) is 4.78. The summed E-state index contributed by atoms with van der Waals surface area (Å²) >= 11 is 0. The fourth-order valence-corrected chi connectivity index (χ4v) is 2.99. The molecule has 0 unspecified atom stereocenters. The molecule has 1 N–H and O–H groups in total. The van der Waals surface area contributed by atoms with Crippen molar-refractivity contribution in [3.63, 3.8) is 0 Å². The van der Waals surface area contributed by atoms with E-state index in [0.717, 1.165) is 25.3 Å². The van der Waals surface area contributed by atoms with E-state index in [4.69, 9.17) is 0 Å². The van der Waals surface area contributed by atoms with Gasteiger partial charge in [-0.1, -0.05) is 26.7 Å². The van der Waals surface area contributed by atoms with Crippen LogP contribution in [0.15, 0.2) is 12.1 Å². The Balaban J connectivity index is 2.13. The van der Waals surface area contributed by atoms with Crippen LogP contribution < -0.4 is 5.32 Å². The second-order valence-electron chi connectivity index (χ2n) is 6.17. The van der Waals surface area contributed by atoms with Crippen molar-refractivity contribution in [3.05, 3.63) is 29.1 Å². The van der Waals surface area contributed by atoms with Gasteiger partial charge in [0.05, 0.1) is 11.3 Å². The molecule has 0 bridgehead atoms. The first kappa shape index (κ1) is 16.8. The Hall–Kier alpha value is -1.59. The summed E-state index contributed by atoms with van der Waals surface area (Å²) in [6, 6.07) is 2.13. The van der Waals surface area contributed by atoms with Gasteiger partial charge in [0.15, 0.2) is 0 Å². The molecular formula is C16H21F3N2O. The SMILES string of the molecule is Cc1nc(C(F)(F)F)ccc1C(=O)N[C@@H]1CCC[C@H](C)[C@H]1C. The van der Waals surface area contributed by atoms with Crippen LogP contribution in [0.2, 0.25) is 0 Å². The monoisotopic (exact) mass is 314 g/mol. The van der Waals surface area contributed by atoms with Gasteiger partial charge in [0.1, 0.15) is 5.69 Å². The number of aryl methyl sites for hydroxylation is 1. The third-order valence-corrected chi connectivity index (χ3v) is 4.64. The Morgan fingerprint density at radius 2 is 1.95 bits per heavy atom. The Bertz CT molecular complexity index is 557. The molecule has 1 aliphatic carbocycles. The molecule has 1 aliphatic rings. The number of amides is 1. The van der Waals surface area contributed by atoms with Crippen LogP contribution in [-0.4, -0.2) is 16.9 Å². The van der Waals surface area contributed by atoms with Crippen LogP contribution in [0.25, 0.3) is 0 Å². The van der Waals surface area contributed by atoms with E-state index in [1.54, 1.807) is 0 Å². The van der Waals surface area contributed by atoms with E-state index in [-0.39, 0.29) is 23.2 Å². The summed E-state index contributed by atoms with van der Waals surface area (Å²) < 4.78 is 37.8. The number of aromatic nitrogens is 1. The highest BCUT2D eigenvalue weighted by molar-refractivity contribution is 5.95. The van der Waals surface area contributed by atoms with Crippen molar-refractivity contribution in [3.8, 4) is 0 Å². The lowest BCUT2D eigenvalue weighted by Crippen LogP contribution is -2.44. The summed E-state index contributed by atoms with van der Waals surface area (Å²) in [6.45, 7) is 5.69. The first-order valence-electron chi connectivity index (χ1n) is 7.56. The minimum absolute atomic E-state index is 0.0675. The number of pyridine rings is 1. The van der Waals surface area contributed by atoms with Crippen molar-refractivity contribution >= 4 is 5.91 Å². The first-order chi connectivity index (χ1) is 10.2. The predicted molar refractivity (Wildman–Crippen MR) is 77.4 cm³/mol. The van der Waals surface area contributed by atoms with Crippen LogP contribution >= 0.6 is 0 Å². The van der Waals surface area contributed by atoms with Gasteiger partial charge in [-0.15, -0.1) is 0 Å². The minimum atomic E-state index is -4.49. The van der Waals surface area contributed by atoms with E-state index >= 15 is 0 Å². The van der Waals surface area contributed by atoms with Gasteiger partial charge in [-0.05, 0) is 37.3 Å². The maximum Gasteiger partial charge on any atom is 0.433 e. The van der Waals surface area contributed by atoms with Gasteiger partial charge < -0.3 is 5.32 Å². The van der Waals surface area contributed by atoms with Crippen LogP contribution in [0.5, 0.6) is 0 Å². The molecule has 0 aromatic carbocycles. The third kappa shape index (κ3) is 3.59. The molecular weight excluding hydrogens is 293 g/mol. The van der Waals surface area contributed by atoms with Gasteiger partial charge in [-0.2, -0.15) is 13.2 Å². The van der Waals surface area contributed by atoms with Crippen molar-refractivity contribution in [2.24, 2.45) is 11.8 Å². The summed E-state index contributed by atoms with van der Waals surface area (Å²) in [5.41, 5.74) is -0.663. The molecule has 1 fully saturated rings. The predicted octanol–water partition coefficient (Wildman–Crippen LogP) is 3.96. The molecule has 2 rings (SSSR count). The quantitative estimate of drug-likeness (QED) is 0.897. The average molecular weight is 314 g/mol. The number of carbonyl (C=O) groups excluding carboxylic acids is 1. The molecule has 1 amide bonds. The van der Waals surface area contributed by atoms with Crippen molar-refractivity contribution in [2.75, 3.05) is 0 Å². The highest BCUT2D eigenvalue weighted by Gasteiger charge is 2.33. The normalized spacial score (nSPS) is 25.8. The van der Waals surface area contributed by atoms with Gasteiger partial charge in [-0.3, -0.25) is 4.79 Å². The standard InChI is InChI=1S/C16H21F3N2O/c1-9-5-4-6-13(10(9)2)21-15(22)12-7-8-14(16(17,18)19)20-11(12)3/h7-10,13H,4-6H2,1-3H3,(H,21,22)/t9-,10+,13+/m0/s1. The lowest BCUT2D eigenvalue weighted by molar-refractivity contribution is -0.141. The molecule has 3 nitrogen and oxygen atoms in total. The zero-order chi connectivity index (χ0) is 16.5. The number of hydrogen-bond donors (Lipinski definition) is 1. The summed E-state index contributed by atoms with van der Waals surface area (Å²) in [6.07, 6.45) is -1.38. The molecule has 0 saturated heterocycles. The summed E-state index contributed by atoms with van der Waals surface area (Å²) in [7, 11) is 0. The molecule has 3 atom stereocenters. The highest BCUT2D eigenvalue weighted by atomic mass is 19.4. The van der Waals surface area contributed by atoms with Gasteiger partial charge in [0.25, 0.3) is 5.91 Å². The van der Waals surface area contributed by atoms with Crippen molar-refractivity contribution in [1.82, 2.24) is 10.3 Å². The molecule has 1 aromatic rings. The zero-order valence-electron chi connectivity index (χ0n) is 13.0. The van der Waals surface area contributed by atoms with Crippen LogP contribution in [0.1, 0.15) is 54.9 Å². The van der Waals surface area contributed by atoms with Crippen LogP contribution in [0, 0.1) is 18.8 Å². The van der Waals surface area contributed by atoms with E-state index < -0.39 is 11.9 Å². The summed E-state index contributed by atoms with van der Waals surface area (Å²) in [5.74, 6) is 0.552. The van der Waals surface area contributed by atoms with Gasteiger partial charge >= 0.3 is 6.18 Å². The van der Waals surface area contributed by atoms with Gasteiger partial charge in [-0.25, -0.2) is 4.98 Å². The first-order valence-corrected chi connectivity index (χ1v) is 7.56. The zero-order valence-corrected chi connectivity index (χ0v) is 13.0. The number of carbonyl (C=O) groups is 1. The molecule has 22 heavy (non-hydrogen) atoms. The second-order valence-corrected chi connectivity index (χ2v) is 6.17. The van der Waals surface area contributed by atoms with Crippen LogP contribution in [0.3, 0.4) is 0 Å². The molecule has 0 radical (unpaired) electrons. The molecule has 1 heterocycles. The largest absolute Gasteiger partial charge is 0.433 e. The lowest BCUT2D eigenvalue weighted by atomic mass is 9.78. The number of hydrogen-bond acceptors (Lipinski definition) is 2. The Morgan fingerprint density at radius 3 is 2.55 bits per heavy atom. The van der Waals surface area contributed by atoms with E-state index in [1.165, 1.54) is 13.0 Å². The summed E-state index contributed by atoms with van der Waals surface area (Å²) in [5, 5.41) is 2.95. The number of nitrogens with zero attached hydrogens (tertiary/aromatic N) is 1. The van der Waals surface area contributed by atoms with Crippen molar-refractivity contribution in [1.29, 1.82) is 0 Å². The maximum absolute atomic E-state index is 12.6. The maximum atomic E-state index is 12.6. The molecule has 122 valence electrons.